The quantitative estimate of drug-likeness (QED) is 0.0391. The minimum atomic E-state index is -0.617. The molecule has 0 radical (unpaired) electrons. The molecule has 0 saturated carbocycles. The molecular weight excluding hydrogens is 555 g/mol. The van der Waals surface area contributed by atoms with Crippen molar-refractivity contribution >= 4 is 62.3 Å². The van der Waals surface area contributed by atoms with E-state index in [-0.39, 0.29) is 35.7 Å². The molecule has 206 valence electrons. The van der Waals surface area contributed by atoms with Crippen LogP contribution in [0.5, 0.6) is 0 Å². The van der Waals surface area contributed by atoms with Crippen LogP contribution in [-0.2, 0) is 19.1 Å². The Labute approximate surface area is 223 Å². The zero-order valence-electron chi connectivity index (χ0n) is 20.4. The summed E-state index contributed by atoms with van der Waals surface area (Å²) in [6.45, 7) is 6.41. The summed E-state index contributed by atoms with van der Waals surface area (Å²) in [6.07, 6.45) is 1.51. The van der Waals surface area contributed by atoms with Crippen LogP contribution in [0.2, 0.25) is 0 Å². The average Bonchev–Trinajstić information content (AvgIpc) is 3.27. The second-order valence-electron chi connectivity index (χ2n) is 7.19. The summed E-state index contributed by atoms with van der Waals surface area (Å²) in [4.78, 5) is 45.7. The van der Waals surface area contributed by atoms with Gasteiger partial charge in [-0.3, -0.25) is 14.5 Å². The lowest BCUT2D eigenvalue weighted by Gasteiger charge is -2.21. The lowest BCUT2D eigenvalue weighted by atomic mass is 10.1. The summed E-state index contributed by atoms with van der Waals surface area (Å²) in [5, 5.41) is 11.8. The van der Waals surface area contributed by atoms with Gasteiger partial charge in [-0.05, 0) is 34.8 Å². The van der Waals surface area contributed by atoms with Gasteiger partial charge in [-0.25, -0.2) is 0 Å². The number of aliphatic hydroxyl groups excluding tert-OH is 1. The van der Waals surface area contributed by atoms with Gasteiger partial charge in [0.15, 0.2) is 0 Å². The molecule has 6 atom stereocenters. The molecule has 7 N–H and O–H groups in total. The van der Waals surface area contributed by atoms with Gasteiger partial charge in [0.25, 0.3) is 5.91 Å². The first-order valence-electron chi connectivity index (χ1n) is 10.1. The smallest absolute Gasteiger partial charge is 0.261 e. The largest absolute Gasteiger partial charge is 0.396 e. The van der Waals surface area contributed by atoms with Crippen LogP contribution in [0, 0.1) is 11.8 Å². The van der Waals surface area contributed by atoms with E-state index < -0.39 is 12.1 Å². The number of hydrogen-bond donors (Lipinski definition) is 6. The number of carbonyl (C=O) groups is 2. The van der Waals surface area contributed by atoms with Gasteiger partial charge in [-0.1, -0.05) is 54.2 Å². The van der Waals surface area contributed by atoms with Crippen LogP contribution >= 0.6 is 50.0 Å². The van der Waals surface area contributed by atoms with Crippen LogP contribution < -0.4 is 11.1 Å². The van der Waals surface area contributed by atoms with Crippen LogP contribution in [0.1, 0.15) is 33.6 Å². The lowest BCUT2D eigenvalue weighted by Crippen LogP contribution is -2.31. The van der Waals surface area contributed by atoms with E-state index in [4.69, 9.17) is 29.9 Å². The Balaban J connectivity index is -0.00000158. The number of carbonyl (C=O) groups excluding carboxylic acids is 2. The van der Waals surface area contributed by atoms with Crippen molar-refractivity contribution in [3.05, 3.63) is 11.8 Å². The maximum absolute atomic E-state index is 12.0. The van der Waals surface area contributed by atoms with Crippen molar-refractivity contribution in [3.8, 4) is 11.8 Å². The Bertz CT molecular complexity index is 649. The molecular formula is C19H40N3O8P3S2. The predicted molar refractivity (Wildman–Crippen MR) is 152 cm³/mol. The van der Waals surface area contributed by atoms with Crippen LogP contribution in [0.15, 0.2) is 11.8 Å². The van der Waals surface area contributed by atoms with Gasteiger partial charge in [-0.15, -0.1) is 0 Å². The summed E-state index contributed by atoms with van der Waals surface area (Å²) in [7, 11) is 9.06. The Morgan fingerprint density at radius 1 is 1.29 bits per heavy atom. The second-order valence-corrected chi connectivity index (χ2v) is 10.3. The number of nitrogens with two attached hydrogens (primary N) is 1. The summed E-state index contributed by atoms with van der Waals surface area (Å²) in [5.74, 6) is 5.31. The van der Waals surface area contributed by atoms with Crippen molar-refractivity contribution in [1.82, 2.24) is 10.2 Å². The number of ether oxygens (including phenoxy) is 2. The van der Waals surface area contributed by atoms with Crippen LogP contribution in [0.25, 0.3) is 0 Å². The summed E-state index contributed by atoms with van der Waals surface area (Å²) >= 11 is 0. The van der Waals surface area contributed by atoms with Gasteiger partial charge in [0, 0.05) is 31.0 Å². The highest BCUT2D eigenvalue weighted by atomic mass is 33.1. The van der Waals surface area contributed by atoms with E-state index in [0.29, 0.717) is 25.2 Å². The fourth-order valence-corrected chi connectivity index (χ4v) is 4.52. The SMILES string of the molecule is CNC(=O)/C(C#CCN)=C\N(C=O)C1CC(OCSSC(C)(C)C)C(CCO)O1.OP.OP.OP. The van der Waals surface area contributed by atoms with E-state index in [1.807, 2.05) is 0 Å². The molecule has 0 spiro atoms. The molecule has 1 saturated heterocycles. The van der Waals surface area contributed by atoms with Gasteiger partial charge in [0.1, 0.15) is 17.7 Å². The third kappa shape index (κ3) is 18.8. The van der Waals surface area contributed by atoms with Gasteiger partial charge < -0.3 is 40.3 Å². The molecule has 1 heterocycles. The Hall–Kier alpha value is -0.0500. The predicted octanol–water partition coefficient (Wildman–Crippen LogP) is 0.363. The standard InChI is InChI=1S/C19H31N3O5S2.3H3OP/c1-19(2,3)29-28-13-26-16-10-17(27-15(16)7-9-23)22(12-24)11-14(6-5-8-20)18(25)21-4;3*1-2/h11-12,15-17,23H,7-10,13,20H2,1-4H3,(H,21,25);3*1H,2H2/b14-11-;;;. The number of rotatable bonds is 10. The first-order valence-corrected chi connectivity index (χ1v) is 13.9. The maximum Gasteiger partial charge on any atom is 0.261 e. The van der Waals surface area contributed by atoms with Crippen LogP contribution in [0.3, 0.4) is 0 Å². The molecule has 6 unspecified atom stereocenters. The van der Waals surface area contributed by atoms with Crippen molar-refractivity contribution in [1.29, 1.82) is 0 Å². The summed E-state index contributed by atoms with van der Waals surface area (Å²) in [6, 6.07) is 0. The molecule has 0 aromatic carbocycles. The zero-order valence-corrected chi connectivity index (χ0v) is 25.5. The highest BCUT2D eigenvalue weighted by Gasteiger charge is 2.38. The van der Waals surface area contributed by atoms with Crippen LogP contribution in [0.4, 0.5) is 0 Å². The zero-order chi connectivity index (χ0) is 27.9. The van der Waals surface area contributed by atoms with Crippen molar-refractivity contribution in [2.45, 2.75) is 56.8 Å². The summed E-state index contributed by atoms with van der Waals surface area (Å²) < 4.78 is 12.0. The maximum atomic E-state index is 12.0. The van der Waals surface area contributed by atoms with Crippen molar-refractivity contribution in [3.63, 3.8) is 0 Å². The van der Waals surface area contributed by atoms with Gasteiger partial charge in [0.2, 0.25) is 6.41 Å². The fraction of sp³-hybridized carbons (Fsp3) is 0.684. The van der Waals surface area contributed by atoms with E-state index in [9.17, 15) is 14.7 Å². The Morgan fingerprint density at radius 3 is 2.34 bits per heavy atom. The monoisotopic (exact) mass is 595 g/mol. The lowest BCUT2D eigenvalue weighted by molar-refractivity contribution is -0.127. The van der Waals surface area contributed by atoms with Crippen molar-refractivity contribution in [2.24, 2.45) is 5.73 Å². The third-order valence-electron chi connectivity index (χ3n) is 3.76. The molecule has 0 aromatic rings. The molecule has 1 rings (SSSR count). The number of nitrogens with one attached hydrogen (secondary N) is 1. The number of hydrogen-bond acceptors (Lipinski definition) is 11. The van der Waals surface area contributed by atoms with E-state index in [0.717, 1.165) is 0 Å². The van der Waals surface area contributed by atoms with E-state index in [1.54, 1.807) is 21.6 Å². The minimum Gasteiger partial charge on any atom is -0.396 e. The second kappa shape index (κ2) is 25.6. The average molecular weight is 596 g/mol. The molecule has 0 bridgehead atoms. The van der Waals surface area contributed by atoms with E-state index >= 15 is 0 Å². The van der Waals surface area contributed by atoms with Gasteiger partial charge in [0.05, 0.1) is 18.8 Å². The Morgan fingerprint density at radius 2 is 1.89 bits per heavy atom. The molecule has 0 aromatic heterocycles. The molecule has 2 amide bonds. The molecule has 1 fully saturated rings. The van der Waals surface area contributed by atoms with E-state index in [2.05, 4.69) is 37.9 Å². The minimum absolute atomic E-state index is 0.0521. The number of aliphatic hydroxyl groups is 1. The van der Waals surface area contributed by atoms with Crippen LogP contribution in [-0.4, -0.2) is 86.3 Å². The molecule has 35 heavy (non-hydrogen) atoms. The number of amides is 2. The normalized spacial score (nSPS) is 18.7. The molecule has 1 aliphatic rings. The summed E-state index contributed by atoms with van der Waals surface area (Å²) in [5.41, 5.74) is 5.48. The highest BCUT2D eigenvalue weighted by Crippen LogP contribution is 2.36. The van der Waals surface area contributed by atoms with Crippen molar-refractivity contribution in [2.75, 3.05) is 26.1 Å². The third-order valence-corrected chi connectivity index (χ3v) is 6.75. The molecule has 11 nitrogen and oxygen atoms in total. The first-order chi connectivity index (χ1) is 16.8. The molecule has 1 aliphatic heterocycles. The fourth-order valence-electron chi connectivity index (χ4n) is 2.52. The van der Waals surface area contributed by atoms with Gasteiger partial charge in [-0.2, -0.15) is 0 Å². The molecule has 0 aliphatic carbocycles. The number of likely N-dealkylation sites (N-methyl/N-ethyl adjacent to an activating group) is 1. The number of nitrogens with zero attached hydrogens (tertiary/aromatic N) is 1. The van der Waals surface area contributed by atoms with E-state index in [1.165, 1.54) is 46.5 Å². The highest BCUT2D eigenvalue weighted by molar-refractivity contribution is 8.77. The topological polar surface area (TPSA) is 175 Å². The van der Waals surface area contributed by atoms with Crippen molar-refractivity contribution < 1.29 is 38.8 Å². The molecule has 16 heteroatoms. The first kappa shape index (κ1) is 39.5. The Kier molecular flexibility index (Phi) is 28.9. The van der Waals surface area contributed by atoms with Gasteiger partial charge >= 0.3 is 0 Å².